The topological polar surface area (TPSA) is 61.4 Å². The number of nitrogens with one attached hydrogen (secondary N) is 2. The number of hydrogen-bond donors (Lipinski definition) is 3. The van der Waals surface area contributed by atoms with Crippen LogP contribution in [0.2, 0.25) is 0 Å². The van der Waals surface area contributed by atoms with Crippen molar-refractivity contribution in [2.24, 2.45) is 0 Å². The van der Waals surface area contributed by atoms with Crippen LogP contribution in [0.5, 0.6) is 5.75 Å². The summed E-state index contributed by atoms with van der Waals surface area (Å²) < 4.78 is 0. The first-order chi connectivity index (χ1) is 10.6. The van der Waals surface area contributed by atoms with Gasteiger partial charge in [0, 0.05) is 23.8 Å². The summed E-state index contributed by atoms with van der Waals surface area (Å²) in [6.07, 6.45) is 1.92. The molecule has 0 aliphatic carbocycles. The van der Waals surface area contributed by atoms with Gasteiger partial charge in [-0.25, -0.2) is 0 Å². The van der Waals surface area contributed by atoms with Crippen LogP contribution in [0.1, 0.15) is 34.8 Å². The minimum atomic E-state index is 0.00963. The third-order valence-electron chi connectivity index (χ3n) is 4.01. The fraction of sp³-hybridized carbons (Fsp3) is 0.278. The predicted octanol–water partition coefficient (Wildman–Crippen LogP) is 3.07. The van der Waals surface area contributed by atoms with E-state index < -0.39 is 0 Å². The molecule has 1 atom stereocenters. The summed E-state index contributed by atoms with van der Waals surface area (Å²) in [4.78, 5) is 11.7. The summed E-state index contributed by atoms with van der Waals surface area (Å²) in [5.41, 5.74) is 4.02. The number of hydrogen-bond acceptors (Lipinski definition) is 3. The number of carbonyl (C=O) groups excluding carboxylic acids is 1. The summed E-state index contributed by atoms with van der Waals surface area (Å²) in [6, 6.07) is 13.6. The highest BCUT2D eigenvalue weighted by molar-refractivity contribution is 5.99. The number of carbonyl (C=O) groups is 1. The van der Waals surface area contributed by atoms with Gasteiger partial charge in [-0.1, -0.05) is 18.2 Å². The molecular weight excluding hydrogens is 276 g/mol. The van der Waals surface area contributed by atoms with Crippen LogP contribution in [0.15, 0.2) is 42.5 Å². The summed E-state index contributed by atoms with van der Waals surface area (Å²) >= 11 is 0. The Balaban J connectivity index is 1.58. The first-order valence-electron chi connectivity index (χ1n) is 7.57. The van der Waals surface area contributed by atoms with Gasteiger partial charge in [-0.2, -0.15) is 0 Å². The first kappa shape index (κ1) is 14.4. The van der Waals surface area contributed by atoms with Crippen molar-refractivity contribution < 1.29 is 9.90 Å². The predicted molar refractivity (Wildman–Crippen MR) is 87.1 cm³/mol. The Morgan fingerprint density at radius 2 is 2.00 bits per heavy atom. The molecule has 0 saturated heterocycles. The normalized spacial score (nSPS) is 14.3. The number of aryl methyl sites for hydroxylation is 1. The fourth-order valence-corrected chi connectivity index (χ4v) is 2.70. The molecule has 2 aromatic carbocycles. The maximum atomic E-state index is 11.7. The van der Waals surface area contributed by atoms with Crippen LogP contribution in [0.4, 0.5) is 5.69 Å². The minimum absolute atomic E-state index is 0.00963. The van der Waals surface area contributed by atoms with E-state index in [0.717, 1.165) is 29.7 Å². The molecule has 0 radical (unpaired) electrons. The zero-order chi connectivity index (χ0) is 15.5. The number of phenolic OH excluding ortho intramolecular Hbond substituents is 1. The third-order valence-corrected chi connectivity index (χ3v) is 4.01. The zero-order valence-electron chi connectivity index (χ0n) is 12.6. The standard InChI is InChI=1S/C18H20N2O2/c1-12(2-3-13-4-8-16(21)9-5-13)20-15-7-6-14-11-19-18(22)17(14)10-15/h4-10,12,20-21H,2-3,11H2,1H3,(H,19,22)/t12-/m1/s1. The van der Waals surface area contributed by atoms with Gasteiger partial charge in [-0.15, -0.1) is 0 Å². The van der Waals surface area contributed by atoms with E-state index in [1.807, 2.05) is 30.3 Å². The van der Waals surface area contributed by atoms with Gasteiger partial charge >= 0.3 is 0 Å². The molecule has 3 N–H and O–H groups in total. The molecule has 22 heavy (non-hydrogen) atoms. The van der Waals surface area contributed by atoms with Crippen molar-refractivity contribution in [1.82, 2.24) is 5.32 Å². The quantitative estimate of drug-likeness (QED) is 0.794. The Bertz CT molecular complexity index is 680. The second-order valence-electron chi connectivity index (χ2n) is 5.81. The first-order valence-corrected chi connectivity index (χ1v) is 7.57. The number of amides is 1. The van der Waals surface area contributed by atoms with Crippen LogP contribution in [0, 0.1) is 0 Å². The number of aromatic hydroxyl groups is 1. The second kappa shape index (κ2) is 6.10. The summed E-state index contributed by atoms with van der Waals surface area (Å²) in [6.45, 7) is 2.76. The molecule has 1 amide bonds. The molecule has 1 aliphatic heterocycles. The molecule has 0 bridgehead atoms. The Morgan fingerprint density at radius 3 is 2.77 bits per heavy atom. The molecule has 1 heterocycles. The van der Waals surface area contributed by atoms with E-state index in [2.05, 4.69) is 17.6 Å². The van der Waals surface area contributed by atoms with E-state index in [1.165, 1.54) is 5.56 Å². The van der Waals surface area contributed by atoms with E-state index in [9.17, 15) is 9.90 Å². The lowest BCUT2D eigenvalue weighted by Gasteiger charge is -2.16. The number of fused-ring (bicyclic) bond motifs is 1. The van der Waals surface area contributed by atoms with Gasteiger partial charge in [-0.05, 0) is 55.2 Å². The minimum Gasteiger partial charge on any atom is -0.508 e. The van der Waals surface area contributed by atoms with E-state index in [0.29, 0.717) is 18.3 Å². The maximum absolute atomic E-state index is 11.7. The largest absolute Gasteiger partial charge is 0.508 e. The van der Waals surface area contributed by atoms with Crippen molar-refractivity contribution in [3.63, 3.8) is 0 Å². The van der Waals surface area contributed by atoms with E-state index in [-0.39, 0.29) is 5.91 Å². The highest BCUT2D eigenvalue weighted by Crippen LogP contribution is 2.21. The lowest BCUT2D eigenvalue weighted by atomic mass is 10.0. The van der Waals surface area contributed by atoms with Crippen molar-refractivity contribution in [1.29, 1.82) is 0 Å². The van der Waals surface area contributed by atoms with Crippen LogP contribution in [0.25, 0.3) is 0 Å². The third kappa shape index (κ3) is 3.22. The Hall–Kier alpha value is -2.49. The highest BCUT2D eigenvalue weighted by atomic mass is 16.3. The maximum Gasteiger partial charge on any atom is 0.251 e. The molecule has 0 aromatic heterocycles. The van der Waals surface area contributed by atoms with Gasteiger partial charge in [-0.3, -0.25) is 4.79 Å². The average Bonchev–Trinajstić information content (AvgIpc) is 2.88. The van der Waals surface area contributed by atoms with Crippen LogP contribution in [-0.4, -0.2) is 17.1 Å². The lowest BCUT2D eigenvalue weighted by Crippen LogP contribution is -2.16. The molecule has 1 aliphatic rings. The molecule has 4 nitrogen and oxygen atoms in total. The molecule has 0 unspecified atom stereocenters. The van der Waals surface area contributed by atoms with Crippen molar-refractivity contribution in [3.05, 3.63) is 59.2 Å². The number of benzene rings is 2. The number of phenols is 1. The monoisotopic (exact) mass is 296 g/mol. The Labute approximate surface area is 130 Å². The van der Waals surface area contributed by atoms with Gasteiger partial charge in [0.15, 0.2) is 0 Å². The number of rotatable bonds is 5. The molecule has 0 saturated carbocycles. The fourth-order valence-electron chi connectivity index (χ4n) is 2.70. The van der Waals surface area contributed by atoms with Gasteiger partial charge in [0.25, 0.3) is 5.91 Å². The molecule has 0 spiro atoms. The van der Waals surface area contributed by atoms with Gasteiger partial charge in [0.05, 0.1) is 0 Å². The average molecular weight is 296 g/mol. The SMILES string of the molecule is C[C@H](CCc1ccc(O)cc1)Nc1ccc2c(c1)C(=O)NC2. The van der Waals surface area contributed by atoms with Crippen molar-refractivity contribution >= 4 is 11.6 Å². The second-order valence-corrected chi connectivity index (χ2v) is 5.81. The molecule has 0 fully saturated rings. The number of anilines is 1. The molecule has 3 rings (SSSR count). The van der Waals surface area contributed by atoms with Crippen LogP contribution >= 0.6 is 0 Å². The smallest absolute Gasteiger partial charge is 0.251 e. The van der Waals surface area contributed by atoms with E-state index in [1.54, 1.807) is 12.1 Å². The molecular formula is C18H20N2O2. The van der Waals surface area contributed by atoms with Gasteiger partial charge in [0.1, 0.15) is 5.75 Å². The molecule has 114 valence electrons. The summed E-state index contributed by atoms with van der Waals surface area (Å²) in [5.74, 6) is 0.307. The highest BCUT2D eigenvalue weighted by Gasteiger charge is 2.18. The lowest BCUT2D eigenvalue weighted by molar-refractivity contribution is 0.0966. The molecule has 4 heteroatoms. The Morgan fingerprint density at radius 1 is 1.23 bits per heavy atom. The van der Waals surface area contributed by atoms with Gasteiger partial charge in [0.2, 0.25) is 0 Å². The van der Waals surface area contributed by atoms with Gasteiger partial charge < -0.3 is 15.7 Å². The zero-order valence-corrected chi connectivity index (χ0v) is 12.6. The van der Waals surface area contributed by atoms with Crippen molar-refractivity contribution in [2.75, 3.05) is 5.32 Å². The van der Waals surface area contributed by atoms with Crippen LogP contribution in [-0.2, 0) is 13.0 Å². The Kier molecular flexibility index (Phi) is 4.00. The van der Waals surface area contributed by atoms with Crippen LogP contribution in [0.3, 0.4) is 0 Å². The van der Waals surface area contributed by atoms with Crippen molar-refractivity contribution in [2.45, 2.75) is 32.4 Å². The summed E-state index contributed by atoms with van der Waals surface area (Å²) in [7, 11) is 0. The van der Waals surface area contributed by atoms with Crippen LogP contribution < -0.4 is 10.6 Å². The summed E-state index contributed by atoms with van der Waals surface area (Å²) in [5, 5.41) is 15.6. The van der Waals surface area contributed by atoms with Crippen molar-refractivity contribution in [3.8, 4) is 5.75 Å². The molecule has 2 aromatic rings. The van der Waals surface area contributed by atoms with E-state index in [4.69, 9.17) is 0 Å². The van der Waals surface area contributed by atoms with E-state index >= 15 is 0 Å².